The molecule has 1 atom stereocenters. The average Bonchev–Trinajstić information content (AvgIpc) is 2.64. The monoisotopic (exact) mass is 377 g/mol. The average molecular weight is 378 g/mol. The highest BCUT2D eigenvalue weighted by molar-refractivity contribution is 6.30. The Kier molecular flexibility index (Phi) is 5.51. The second-order valence-electron chi connectivity index (χ2n) is 6.29. The molecule has 1 unspecified atom stereocenters. The van der Waals surface area contributed by atoms with Gasteiger partial charge in [-0.1, -0.05) is 11.6 Å². The first kappa shape index (κ1) is 18.3. The lowest BCUT2D eigenvalue weighted by atomic mass is 10.1. The van der Waals surface area contributed by atoms with E-state index in [2.05, 4.69) is 15.0 Å². The van der Waals surface area contributed by atoms with Gasteiger partial charge >= 0.3 is 6.01 Å². The number of rotatable bonds is 4. The lowest BCUT2D eigenvalue weighted by Crippen LogP contribution is -2.46. The summed E-state index contributed by atoms with van der Waals surface area (Å²) in [6.07, 6.45) is 5.78. The van der Waals surface area contributed by atoms with Crippen molar-refractivity contribution in [3.05, 3.63) is 45.4 Å². The summed E-state index contributed by atoms with van der Waals surface area (Å²) in [5, 5.41) is 0.435. The van der Waals surface area contributed by atoms with Crippen molar-refractivity contribution in [1.82, 2.24) is 24.4 Å². The maximum absolute atomic E-state index is 12.6. The standard InChI is InChI=1S/C17H20ClN5O3/c1-11-12(2)21-10-23(16(11)25)9-15(24)22-5-3-4-14(8-22)26-17-19-6-13(18)7-20-17/h6-7,10,14H,3-5,8-9H2,1-2H3. The van der Waals surface area contributed by atoms with Crippen molar-refractivity contribution in [3.63, 3.8) is 0 Å². The largest absolute Gasteiger partial charge is 0.458 e. The first-order valence-corrected chi connectivity index (χ1v) is 8.76. The molecule has 138 valence electrons. The molecular weight excluding hydrogens is 358 g/mol. The Morgan fingerprint density at radius 1 is 1.31 bits per heavy atom. The molecule has 3 heterocycles. The van der Waals surface area contributed by atoms with E-state index < -0.39 is 0 Å². The number of hydrogen-bond donors (Lipinski definition) is 0. The minimum Gasteiger partial charge on any atom is -0.458 e. The Labute approximate surface area is 155 Å². The van der Waals surface area contributed by atoms with Crippen molar-refractivity contribution < 1.29 is 9.53 Å². The number of carbonyl (C=O) groups is 1. The third-order valence-corrected chi connectivity index (χ3v) is 4.62. The molecule has 1 aliphatic heterocycles. The first-order chi connectivity index (χ1) is 12.4. The van der Waals surface area contributed by atoms with Gasteiger partial charge in [0.2, 0.25) is 5.91 Å². The van der Waals surface area contributed by atoms with Gasteiger partial charge in [0.05, 0.1) is 30.3 Å². The smallest absolute Gasteiger partial charge is 0.316 e. The Morgan fingerprint density at radius 3 is 2.77 bits per heavy atom. The van der Waals surface area contributed by atoms with Gasteiger partial charge in [0.25, 0.3) is 5.56 Å². The van der Waals surface area contributed by atoms with Crippen molar-refractivity contribution in [1.29, 1.82) is 0 Å². The van der Waals surface area contributed by atoms with Crippen LogP contribution in [-0.2, 0) is 11.3 Å². The molecule has 1 fully saturated rings. The number of carbonyl (C=O) groups excluding carboxylic acids is 1. The summed E-state index contributed by atoms with van der Waals surface area (Å²) in [6, 6.07) is 0.239. The lowest BCUT2D eigenvalue weighted by molar-refractivity contribution is -0.134. The van der Waals surface area contributed by atoms with Gasteiger partial charge in [-0.15, -0.1) is 0 Å². The lowest BCUT2D eigenvalue weighted by Gasteiger charge is -2.32. The number of halogens is 1. The zero-order valence-corrected chi connectivity index (χ0v) is 15.4. The van der Waals surface area contributed by atoms with Crippen LogP contribution < -0.4 is 10.3 Å². The van der Waals surface area contributed by atoms with Crippen molar-refractivity contribution in [2.24, 2.45) is 0 Å². The van der Waals surface area contributed by atoms with Gasteiger partial charge in [0.15, 0.2) is 0 Å². The predicted molar refractivity (Wildman–Crippen MR) is 95.2 cm³/mol. The Morgan fingerprint density at radius 2 is 2.04 bits per heavy atom. The van der Waals surface area contributed by atoms with Gasteiger partial charge in [-0.25, -0.2) is 15.0 Å². The minimum atomic E-state index is -0.191. The molecule has 0 aromatic carbocycles. The number of hydrogen-bond acceptors (Lipinski definition) is 6. The van der Waals surface area contributed by atoms with Gasteiger partial charge in [-0.3, -0.25) is 14.2 Å². The van der Waals surface area contributed by atoms with E-state index in [1.54, 1.807) is 18.7 Å². The number of ether oxygens (including phenoxy) is 1. The molecule has 1 amide bonds. The molecule has 3 rings (SSSR count). The molecule has 1 saturated heterocycles. The number of aromatic nitrogens is 4. The third kappa shape index (κ3) is 4.19. The molecule has 2 aromatic heterocycles. The van der Waals surface area contributed by atoms with Crippen LogP contribution in [0.15, 0.2) is 23.5 Å². The van der Waals surface area contributed by atoms with E-state index in [9.17, 15) is 9.59 Å². The van der Waals surface area contributed by atoms with Crippen molar-refractivity contribution in [2.45, 2.75) is 39.3 Å². The van der Waals surface area contributed by atoms with Crippen LogP contribution in [0, 0.1) is 13.8 Å². The van der Waals surface area contributed by atoms with Crippen LogP contribution in [0.5, 0.6) is 6.01 Å². The molecular formula is C17H20ClN5O3. The van der Waals surface area contributed by atoms with Gasteiger partial charge in [0, 0.05) is 17.8 Å². The normalized spacial score (nSPS) is 17.2. The van der Waals surface area contributed by atoms with Crippen molar-refractivity contribution in [3.8, 4) is 6.01 Å². The molecule has 0 saturated carbocycles. The minimum absolute atomic E-state index is 0.0306. The first-order valence-electron chi connectivity index (χ1n) is 8.38. The number of amides is 1. The highest BCUT2D eigenvalue weighted by Crippen LogP contribution is 2.16. The Bertz CT molecular complexity index is 852. The van der Waals surface area contributed by atoms with Crippen LogP contribution in [0.2, 0.25) is 5.02 Å². The summed E-state index contributed by atoms with van der Waals surface area (Å²) in [5.74, 6) is -0.137. The fraction of sp³-hybridized carbons (Fsp3) is 0.471. The summed E-state index contributed by atoms with van der Waals surface area (Å²) < 4.78 is 7.09. The molecule has 0 aliphatic carbocycles. The SMILES string of the molecule is Cc1ncn(CC(=O)N2CCCC(Oc3ncc(Cl)cn3)C2)c(=O)c1C. The quantitative estimate of drug-likeness (QED) is 0.799. The van der Waals surface area contributed by atoms with Crippen molar-refractivity contribution >= 4 is 17.5 Å². The molecule has 0 spiro atoms. The van der Waals surface area contributed by atoms with Gasteiger partial charge < -0.3 is 9.64 Å². The molecule has 2 aromatic rings. The van der Waals surface area contributed by atoms with Crippen molar-refractivity contribution in [2.75, 3.05) is 13.1 Å². The molecule has 0 N–H and O–H groups in total. The van der Waals surface area contributed by atoms with Crippen LogP contribution in [0.1, 0.15) is 24.1 Å². The fourth-order valence-electron chi connectivity index (χ4n) is 2.81. The van der Waals surface area contributed by atoms with Crippen LogP contribution in [-0.4, -0.2) is 49.5 Å². The van der Waals surface area contributed by atoms with Crippen LogP contribution in [0.25, 0.3) is 0 Å². The topological polar surface area (TPSA) is 90.2 Å². The molecule has 9 heteroatoms. The summed E-state index contributed by atoms with van der Waals surface area (Å²) in [7, 11) is 0. The maximum atomic E-state index is 12.6. The molecule has 0 bridgehead atoms. The molecule has 26 heavy (non-hydrogen) atoms. The highest BCUT2D eigenvalue weighted by Gasteiger charge is 2.26. The molecule has 8 nitrogen and oxygen atoms in total. The second kappa shape index (κ2) is 7.82. The summed E-state index contributed by atoms with van der Waals surface area (Å²) in [5.41, 5.74) is 1.04. The predicted octanol–water partition coefficient (Wildman–Crippen LogP) is 1.37. The van der Waals surface area contributed by atoms with Gasteiger partial charge in [-0.2, -0.15) is 0 Å². The zero-order chi connectivity index (χ0) is 18.7. The number of aryl methyl sites for hydroxylation is 1. The van der Waals surface area contributed by atoms with Gasteiger partial charge in [0.1, 0.15) is 12.6 Å². The maximum Gasteiger partial charge on any atom is 0.316 e. The Hall–Kier alpha value is -2.48. The van der Waals surface area contributed by atoms with Crippen LogP contribution in [0.3, 0.4) is 0 Å². The number of nitrogens with zero attached hydrogens (tertiary/aromatic N) is 5. The van der Waals surface area contributed by atoms with E-state index in [4.69, 9.17) is 16.3 Å². The highest BCUT2D eigenvalue weighted by atomic mass is 35.5. The van der Waals surface area contributed by atoms with E-state index >= 15 is 0 Å². The third-order valence-electron chi connectivity index (χ3n) is 4.42. The number of likely N-dealkylation sites (tertiary alicyclic amines) is 1. The van der Waals surface area contributed by atoms with E-state index in [0.717, 1.165) is 12.8 Å². The van der Waals surface area contributed by atoms with Crippen LogP contribution >= 0.6 is 11.6 Å². The van der Waals surface area contributed by atoms with E-state index in [1.807, 2.05) is 0 Å². The molecule has 0 radical (unpaired) electrons. The Balaban J connectivity index is 1.63. The number of piperidine rings is 1. The summed E-state index contributed by atoms with van der Waals surface area (Å²) in [6.45, 7) is 4.51. The van der Waals surface area contributed by atoms with E-state index in [0.29, 0.717) is 29.4 Å². The van der Waals surface area contributed by atoms with E-state index in [1.165, 1.54) is 23.3 Å². The van der Waals surface area contributed by atoms with E-state index in [-0.39, 0.29) is 30.1 Å². The fourth-order valence-corrected chi connectivity index (χ4v) is 2.90. The van der Waals surface area contributed by atoms with Gasteiger partial charge in [-0.05, 0) is 26.7 Å². The van der Waals surface area contributed by atoms with Crippen LogP contribution in [0.4, 0.5) is 0 Å². The molecule has 1 aliphatic rings. The second-order valence-corrected chi connectivity index (χ2v) is 6.73. The zero-order valence-electron chi connectivity index (χ0n) is 14.7. The summed E-state index contributed by atoms with van der Waals surface area (Å²) >= 11 is 5.76. The summed E-state index contributed by atoms with van der Waals surface area (Å²) in [4.78, 5) is 38.7.